The van der Waals surface area contributed by atoms with Crippen LogP contribution in [-0.2, 0) is 0 Å². The summed E-state index contributed by atoms with van der Waals surface area (Å²) in [4.78, 5) is 12.3. The molecule has 1 rings (SSSR count). The molecule has 1 aromatic heterocycles. The summed E-state index contributed by atoms with van der Waals surface area (Å²) in [6.07, 6.45) is -2.98. The van der Waals surface area contributed by atoms with Gasteiger partial charge in [-0.3, -0.25) is 10.1 Å². The molecule has 0 unspecified atom stereocenters. The fourth-order valence-corrected chi connectivity index (χ4v) is 0.958. The van der Waals surface area contributed by atoms with Crippen molar-refractivity contribution in [1.29, 1.82) is 0 Å². The summed E-state index contributed by atoms with van der Waals surface area (Å²) in [7, 11) is 0. The molecule has 0 aromatic carbocycles. The van der Waals surface area contributed by atoms with Crippen molar-refractivity contribution in [3.8, 4) is 5.75 Å². The highest BCUT2D eigenvalue weighted by Crippen LogP contribution is 2.34. The molecule has 0 amide bonds. The summed E-state index contributed by atoms with van der Waals surface area (Å²) in [6, 6.07) is 0.478. The molecule has 0 spiro atoms. The molecule has 5 nitrogen and oxygen atoms in total. The Morgan fingerprint density at radius 1 is 1.64 bits per heavy atom. The number of hydrogen-bond donors (Lipinski definition) is 1. The maximum absolute atomic E-state index is 12.1. The number of halogens is 3. The third kappa shape index (κ3) is 1.87. The van der Waals surface area contributed by atoms with Gasteiger partial charge < -0.3 is 5.11 Å². The number of pyridine rings is 1. The van der Waals surface area contributed by atoms with Gasteiger partial charge in [-0.25, -0.2) is 13.8 Å². The molecule has 0 saturated carbocycles. The summed E-state index contributed by atoms with van der Waals surface area (Å²) in [5, 5.41) is 18.5. The van der Waals surface area contributed by atoms with Crippen LogP contribution in [0.2, 0.25) is 5.15 Å². The predicted molar refractivity (Wildman–Crippen MR) is 42.5 cm³/mol. The van der Waals surface area contributed by atoms with E-state index in [1.807, 2.05) is 0 Å². The Morgan fingerprint density at radius 2 is 2.21 bits per heavy atom. The quantitative estimate of drug-likeness (QED) is 0.475. The van der Waals surface area contributed by atoms with Crippen molar-refractivity contribution in [2.75, 3.05) is 0 Å². The molecule has 0 bridgehead atoms. The molecule has 0 aliphatic carbocycles. The first-order valence-electron chi connectivity index (χ1n) is 3.25. The van der Waals surface area contributed by atoms with E-state index in [9.17, 15) is 18.9 Å². The zero-order valence-electron chi connectivity index (χ0n) is 6.45. The lowest BCUT2D eigenvalue weighted by Crippen LogP contribution is -1.96. The van der Waals surface area contributed by atoms with E-state index >= 15 is 0 Å². The van der Waals surface area contributed by atoms with Gasteiger partial charge >= 0.3 is 5.69 Å². The van der Waals surface area contributed by atoms with Gasteiger partial charge in [-0.2, -0.15) is 0 Å². The monoisotopic (exact) mass is 224 g/mol. The van der Waals surface area contributed by atoms with Gasteiger partial charge in [0.1, 0.15) is 5.69 Å². The van der Waals surface area contributed by atoms with Gasteiger partial charge in [0.05, 0.1) is 4.92 Å². The Bertz CT molecular complexity index is 386. The summed E-state index contributed by atoms with van der Waals surface area (Å²) < 4.78 is 24.2. The van der Waals surface area contributed by atoms with Crippen LogP contribution >= 0.6 is 11.6 Å². The lowest BCUT2D eigenvalue weighted by molar-refractivity contribution is -0.386. The number of aromatic hydroxyl groups is 1. The SMILES string of the molecule is O=[N+]([O-])c1cc(C(F)F)nc(Cl)c1O. The van der Waals surface area contributed by atoms with Gasteiger partial charge in [-0.15, -0.1) is 0 Å². The van der Waals surface area contributed by atoms with Crippen LogP contribution in [0.1, 0.15) is 12.1 Å². The standard InChI is InChI=1S/C6H3ClF2N2O3/c7-5-4(12)3(11(13)14)1-2(10-5)6(8)9/h1,6,12H. The third-order valence-electron chi connectivity index (χ3n) is 1.37. The Morgan fingerprint density at radius 3 is 2.64 bits per heavy atom. The molecule has 1 aromatic rings. The van der Waals surface area contributed by atoms with E-state index in [-0.39, 0.29) is 0 Å². The normalized spacial score (nSPS) is 10.6. The predicted octanol–water partition coefficient (Wildman–Crippen LogP) is 2.29. The number of nitrogens with zero attached hydrogens (tertiary/aromatic N) is 2. The summed E-state index contributed by atoms with van der Waals surface area (Å²) in [5.41, 5.74) is -1.74. The molecule has 0 atom stereocenters. The Kier molecular flexibility index (Phi) is 2.80. The van der Waals surface area contributed by atoms with Crippen LogP contribution in [0.4, 0.5) is 14.5 Å². The molecule has 1 heterocycles. The Hall–Kier alpha value is -1.50. The molecule has 0 aliphatic heterocycles. The Labute approximate surface area is 81.1 Å². The van der Waals surface area contributed by atoms with Crippen LogP contribution in [0.5, 0.6) is 5.75 Å². The highest BCUT2D eigenvalue weighted by molar-refractivity contribution is 6.31. The van der Waals surface area contributed by atoms with Crippen molar-refractivity contribution in [1.82, 2.24) is 4.98 Å². The van der Waals surface area contributed by atoms with Crippen molar-refractivity contribution in [2.45, 2.75) is 6.43 Å². The zero-order chi connectivity index (χ0) is 10.9. The fraction of sp³-hybridized carbons (Fsp3) is 0.167. The summed E-state index contributed by atoms with van der Waals surface area (Å²) >= 11 is 5.21. The van der Waals surface area contributed by atoms with Gasteiger partial charge in [0, 0.05) is 6.07 Å². The number of aromatic nitrogens is 1. The molecular formula is C6H3ClF2N2O3. The van der Waals surface area contributed by atoms with Crippen LogP contribution in [0.15, 0.2) is 6.07 Å². The molecule has 76 valence electrons. The summed E-state index contributed by atoms with van der Waals surface area (Å²) in [5.74, 6) is -0.916. The van der Waals surface area contributed by atoms with Gasteiger partial charge in [0.25, 0.3) is 6.43 Å². The van der Waals surface area contributed by atoms with E-state index in [0.29, 0.717) is 6.07 Å². The molecule has 14 heavy (non-hydrogen) atoms. The molecule has 0 aliphatic rings. The van der Waals surface area contributed by atoms with E-state index in [1.165, 1.54) is 0 Å². The molecule has 0 saturated heterocycles. The maximum Gasteiger partial charge on any atom is 0.316 e. The van der Waals surface area contributed by atoms with Crippen molar-refractivity contribution in [3.63, 3.8) is 0 Å². The molecule has 8 heteroatoms. The van der Waals surface area contributed by atoms with Crippen molar-refractivity contribution in [3.05, 3.63) is 27.0 Å². The topological polar surface area (TPSA) is 76.3 Å². The van der Waals surface area contributed by atoms with Crippen LogP contribution in [0.25, 0.3) is 0 Å². The van der Waals surface area contributed by atoms with E-state index in [1.54, 1.807) is 0 Å². The third-order valence-corrected chi connectivity index (χ3v) is 1.63. The van der Waals surface area contributed by atoms with Gasteiger partial charge in [-0.05, 0) is 0 Å². The first kappa shape index (κ1) is 10.6. The minimum atomic E-state index is -2.98. The lowest BCUT2D eigenvalue weighted by atomic mass is 10.3. The zero-order valence-corrected chi connectivity index (χ0v) is 7.20. The molecule has 0 fully saturated rings. The fourth-order valence-electron chi connectivity index (χ4n) is 0.764. The minimum Gasteiger partial charge on any atom is -0.500 e. The molecule has 1 N–H and O–H groups in total. The van der Waals surface area contributed by atoms with Crippen molar-refractivity contribution < 1.29 is 18.8 Å². The number of hydrogen-bond acceptors (Lipinski definition) is 4. The van der Waals surface area contributed by atoms with E-state index in [4.69, 9.17) is 16.7 Å². The van der Waals surface area contributed by atoms with Crippen LogP contribution in [-0.4, -0.2) is 15.0 Å². The van der Waals surface area contributed by atoms with Crippen LogP contribution in [0.3, 0.4) is 0 Å². The van der Waals surface area contributed by atoms with E-state index < -0.39 is 33.6 Å². The lowest BCUT2D eigenvalue weighted by Gasteiger charge is -2.01. The van der Waals surface area contributed by atoms with Gasteiger partial charge in [0.2, 0.25) is 5.75 Å². The van der Waals surface area contributed by atoms with Crippen molar-refractivity contribution in [2.24, 2.45) is 0 Å². The molecular weight excluding hydrogens is 222 g/mol. The highest BCUT2D eigenvalue weighted by atomic mass is 35.5. The second kappa shape index (κ2) is 3.70. The first-order valence-corrected chi connectivity index (χ1v) is 3.63. The average molecular weight is 225 g/mol. The average Bonchev–Trinajstić information content (AvgIpc) is 2.08. The second-order valence-electron chi connectivity index (χ2n) is 2.26. The van der Waals surface area contributed by atoms with Crippen LogP contribution in [0, 0.1) is 10.1 Å². The van der Waals surface area contributed by atoms with Crippen LogP contribution < -0.4 is 0 Å². The Balaban J connectivity index is 3.35. The minimum absolute atomic E-state index is 0.478. The number of alkyl halides is 2. The van der Waals surface area contributed by atoms with Crippen molar-refractivity contribution >= 4 is 17.3 Å². The van der Waals surface area contributed by atoms with Gasteiger partial charge in [-0.1, -0.05) is 11.6 Å². The summed E-state index contributed by atoms with van der Waals surface area (Å²) in [6.45, 7) is 0. The largest absolute Gasteiger partial charge is 0.500 e. The number of rotatable bonds is 2. The molecule has 0 radical (unpaired) electrons. The smallest absolute Gasteiger partial charge is 0.316 e. The van der Waals surface area contributed by atoms with Gasteiger partial charge in [0.15, 0.2) is 5.15 Å². The number of nitro groups is 1. The second-order valence-corrected chi connectivity index (χ2v) is 2.62. The van der Waals surface area contributed by atoms with E-state index in [0.717, 1.165) is 0 Å². The van der Waals surface area contributed by atoms with E-state index in [2.05, 4.69) is 4.98 Å². The highest BCUT2D eigenvalue weighted by Gasteiger charge is 2.22. The maximum atomic E-state index is 12.1. The first-order chi connectivity index (χ1) is 6.43.